The minimum Gasteiger partial charge on any atom is -0.495 e. The number of unbranched alkanes of at least 4 members (excludes halogenated alkanes) is 3. The Labute approximate surface area is 396 Å². The molecule has 0 bridgehead atoms. The van der Waals surface area contributed by atoms with Crippen LogP contribution < -0.4 is 42.1 Å². The lowest BCUT2D eigenvalue weighted by Gasteiger charge is -2.36. The Morgan fingerprint density at radius 1 is 1.01 bits per heavy atom. The number of carbonyl (C=O) groups excluding carboxylic acids is 4. The van der Waals surface area contributed by atoms with Gasteiger partial charge < -0.3 is 45.6 Å². The molecule has 360 valence electrons. The molecule has 2 aromatic carbocycles. The average Bonchev–Trinajstić information content (AvgIpc) is 3.98. The fourth-order valence-corrected chi connectivity index (χ4v) is 9.60. The Bertz CT molecular complexity index is 2260. The molecule has 2 atom stereocenters. The lowest BCUT2D eigenvalue weighted by molar-refractivity contribution is -0.129. The van der Waals surface area contributed by atoms with E-state index in [1.807, 2.05) is 69.4 Å². The van der Waals surface area contributed by atoms with Crippen LogP contribution in [0.5, 0.6) is 5.75 Å². The second-order valence-electron chi connectivity index (χ2n) is 18.1. The van der Waals surface area contributed by atoms with Crippen LogP contribution in [0.4, 0.5) is 23.1 Å². The van der Waals surface area contributed by atoms with Crippen LogP contribution in [0.3, 0.4) is 0 Å². The second-order valence-corrected chi connectivity index (χ2v) is 18.1. The zero-order chi connectivity index (χ0) is 47.9. The molecular weight excluding hydrogens is 847 g/mol. The number of nitrogens with two attached hydrogens (primary N) is 2. The van der Waals surface area contributed by atoms with Gasteiger partial charge in [0.25, 0.3) is 5.91 Å². The number of aldehydes is 1. The lowest BCUT2D eigenvalue weighted by Crippen LogP contribution is -2.46. The van der Waals surface area contributed by atoms with Crippen LogP contribution in [0.15, 0.2) is 48.8 Å². The maximum Gasteiger partial charge on any atom is 0.255 e. The largest absolute Gasteiger partial charge is 0.495 e. The Balaban J connectivity index is 0.936. The van der Waals surface area contributed by atoms with Crippen LogP contribution in [-0.2, 0) is 20.9 Å². The number of hydrogen-bond donors (Lipinski definition) is 5. The molecule has 16 heteroatoms. The smallest absolute Gasteiger partial charge is 0.255 e. The fourth-order valence-electron chi connectivity index (χ4n) is 9.60. The molecule has 3 aromatic rings. The highest BCUT2D eigenvalue weighted by molar-refractivity contribution is 6.02. The first-order chi connectivity index (χ1) is 32.5. The summed E-state index contributed by atoms with van der Waals surface area (Å²) in [6.07, 6.45) is 19.2. The Hall–Kier alpha value is -6.18. The highest BCUT2D eigenvalue weighted by Gasteiger charge is 2.36. The SMILES string of the molecule is CCCC(C(=O)NC=O)N1Cc2cc(C#CCCCCCNC3CCC(N(N)/C=C(\N)c4ccc(Nc5ncc(N(C)C)c(N(C6CCCC6)[C@@H](C=O)CC)n5)c(OC)c4)CC3)ccc2C1=O. The van der Waals surface area contributed by atoms with Gasteiger partial charge in [0.05, 0.1) is 36.4 Å². The van der Waals surface area contributed by atoms with E-state index in [1.165, 1.54) is 0 Å². The van der Waals surface area contributed by atoms with E-state index >= 15 is 0 Å². The van der Waals surface area contributed by atoms with E-state index in [0.717, 1.165) is 118 Å². The van der Waals surface area contributed by atoms with Gasteiger partial charge in [-0.05, 0) is 107 Å². The van der Waals surface area contributed by atoms with Crippen molar-refractivity contribution < 1.29 is 23.9 Å². The van der Waals surface area contributed by atoms with Crippen LogP contribution in [0.1, 0.15) is 137 Å². The van der Waals surface area contributed by atoms with Crippen LogP contribution in [0.25, 0.3) is 5.70 Å². The number of methoxy groups -OCH3 is 1. The van der Waals surface area contributed by atoms with Gasteiger partial charge in [0.1, 0.15) is 18.1 Å². The molecule has 2 fully saturated rings. The molecular formula is C51H71N11O5. The quantitative estimate of drug-likeness (QED) is 0.0231. The minimum absolute atomic E-state index is 0.183. The van der Waals surface area contributed by atoms with Gasteiger partial charge in [0.15, 0.2) is 5.82 Å². The van der Waals surface area contributed by atoms with E-state index in [9.17, 15) is 19.2 Å². The maximum absolute atomic E-state index is 13.1. The summed E-state index contributed by atoms with van der Waals surface area (Å²) in [4.78, 5) is 64.1. The summed E-state index contributed by atoms with van der Waals surface area (Å²) in [5, 5.41) is 11.1. The predicted octanol–water partition coefficient (Wildman–Crippen LogP) is 6.36. The van der Waals surface area contributed by atoms with Gasteiger partial charge >= 0.3 is 0 Å². The van der Waals surface area contributed by atoms with Gasteiger partial charge in [-0.2, -0.15) is 4.98 Å². The molecule has 1 aliphatic heterocycles. The van der Waals surface area contributed by atoms with E-state index in [2.05, 4.69) is 37.7 Å². The van der Waals surface area contributed by atoms with E-state index < -0.39 is 11.9 Å². The topological polar surface area (TPSA) is 204 Å². The summed E-state index contributed by atoms with van der Waals surface area (Å²) < 4.78 is 5.81. The van der Waals surface area contributed by atoms with Crippen molar-refractivity contribution >= 4 is 53.3 Å². The van der Waals surface area contributed by atoms with Gasteiger partial charge in [0.2, 0.25) is 18.3 Å². The number of ether oxygens (including phenoxy) is 1. The number of benzene rings is 2. The standard InChI is InChI=1S/C51H71N11O5/c1-6-15-45(49(65)56-34-64)60-31-37-28-35(19-25-42(37)50(60)66)16-11-9-8-10-14-27-54-38-21-23-40(24-22-38)61(53)32-43(52)36-20-26-44(47(29-36)67-5)57-51-55-30-46(59(3)4)48(58-51)62(39(7-2)33-63)41-17-12-13-18-41/h19-20,25-26,28-30,32-34,38-41,45,54H,6-10,12-15,17-18,21-24,27,31,52-53H2,1-5H3,(H,55,57,58)(H,56,64,65)/b43-32-/t38?,39-,40?,45?/m1/s1. The van der Waals surface area contributed by atoms with E-state index in [4.69, 9.17) is 21.3 Å². The highest BCUT2D eigenvalue weighted by atomic mass is 16.5. The molecule has 7 N–H and O–H groups in total. The van der Waals surface area contributed by atoms with Gasteiger partial charge in [-0.3, -0.25) is 19.7 Å². The molecule has 0 saturated heterocycles. The van der Waals surface area contributed by atoms with Crippen LogP contribution in [0.2, 0.25) is 0 Å². The van der Waals surface area contributed by atoms with E-state index in [-0.39, 0.29) is 24.0 Å². The zero-order valence-corrected chi connectivity index (χ0v) is 40.1. The number of imide groups is 1. The molecule has 2 aliphatic carbocycles. The first-order valence-electron chi connectivity index (χ1n) is 24.1. The van der Waals surface area contributed by atoms with Gasteiger partial charge in [-0.25, -0.2) is 10.8 Å². The third-order valence-corrected chi connectivity index (χ3v) is 13.3. The second kappa shape index (κ2) is 24.5. The molecule has 16 nitrogen and oxygen atoms in total. The molecule has 3 aliphatic rings. The highest BCUT2D eigenvalue weighted by Crippen LogP contribution is 2.37. The lowest BCUT2D eigenvalue weighted by atomic mass is 9.90. The summed E-state index contributed by atoms with van der Waals surface area (Å²) in [5.41, 5.74) is 11.8. The third-order valence-electron chi connectivity index (χ3n) is 13.3. The minimum atomic E-state index is -0.681. The van der Waals surface area contributed by atoms with Crippen molar-refractivity contribution in [1.82, 2.24) is 30.5 Å². The van der Waals surface area contributed by atoms with Crippen molar-refractivity contribution in [2.75, 3.05) is 42.9 Å². The summed E-state index contributed by atoms with van der Waals surface area (Å²) in [6.45, 7) is 5.27. The van der Waals surface area contributed by atoms with Crippen LogP contribution in [0, 0.1) is 11.8 Å². The van der Waals surface area contributed by atoms with Crippen molar-refractivity contribution in [2.45, 2.75) is 147 Å². The van der Waals surface area contributed by atoms with Crippen molar-refractivity contribution in [3.8, 4) is 17.6 Å². The molecule has 1 unspecified atom stereocenters. The summed E-state index contributed by atoms with van der Waals surface area (Å²) >= 11 is 0. The van der Waals surface area contributed by atoms with Gasteiger partial charge in [-0.15, -0.1) is 0 Å². The first-order valence-corrected chi connectivity index (χ1v) is 24.1. The van der Waals surface area contributed by atoms with Crippen LogP contribution >= 0.6 is 0 Å². The van der Waals surface area contributed by atoms with Gasteiger partial charge in [-0.1, -0.05) is 57.4 Å². The van der Waals surface area contributed by atoms with Crippen molar-refractivity contribution in [3.05, 3.63) is 71.0 Å². The summed E-state index contributed by atoms with van der Waals surface area (Å²) in [7, 11) is 5.55. The normalized spacial score (nSPS) is 18.0. The summed E-state index contributed by atoms with van der Waals surface area (Å²) in [5.74, 6) is 14.2. The third kappa shape index (κ3) is 12.8. The number of aromatic nitrogens is 2. The Kier molecular flexibility index (Phi) is 18.4. The monoisotopic (exact) mass is 918 g/mol. The fraction of sp³-hybridized carbons (Fsp3) is 0.529. The Morgan fingerprint density at radius 2 is 1.79 bits per heavy atom. The van der Waals surface area contributed by atoms with Crippen LogP contribution in [-0.4, -0.2) is 102 Å². The molecule has 3 amide bonds. The van der Waals surface area contributed by atoms with Gasteiger partial charge in [0, 0.05) is 68.1 Å². The zero-order valence-electron chi connectivity index (χ0n) is 40.1. The number of hydrazine groups is 1. The predicted molar refractivity (Wildman–Crippen MR) is 264 cm³/mol. The van der Waals surface area contributed by atoms with Crippen molar-refractivity contribution in [3.63, 3.8) is 0 Å². The van der Waals surface area contributed by atoms with E-state index in [1.54, 1.807) is 29.3 Å². The number of rotatable bonds is 23. The molecule has 2 saturated carbocycles. The number of nitrogens with zero attached hydrogens (tertiary/aromatic N) is 6. The van der Waals surface area contributed by atoms with E-state index in [0.29, 0.717) is 66.9 Å². The number of hydrogen-bond acceptors (Lipinski definition) is 14. The number of fused-ring (bicyclic) bond motifs is 1. The average molecular weight is 918 g/mol. The number of amides is 3. The number of nitrogens with one attached hydrogen (secondary N) is 3. The molecule has 0 radical (unpaired) electrons. The molecule has 6 rings (SSSR count). The summed E-state index contributed by atoms with van der Waals surface area (Å²) in [6, 6.07) is 11.2. The number of carbonyl (C=O) groups is 4. The molecule has 2 heterocycles. The molecule has 67 heavy (non-hydrogen) atoms. The Morgan fingerprint density at radius 3 is 2.48 bits per heavy atom. The first kappa shape index (κ1) is 50.2. The maximum atomic E-state index is 13.1. The molecule has 1 aromatic heterocycles. The molecule has 0 spiro atoms. The number of anilines is 4. The van der Waals surface area contributed by atoms with Crippen molar-refractivity contribution in [1.29, 1.82) is 0 Å². The van der Waals surface area contributed by atoms with Crippen molar-refractivity contribution in [2.24, 2.45) is 11.6 Å².